The lowest BCUT2D eigenvalue weighted by Gasteiger charge is -2.29. The molecular formula is C21H20N2O6. The van der Waals surface area contributed by atoms with Crippen LogP contribution in [0, 0.1) is 0 Å². The molecule has 4 rings (SSSR count). The van der Waals surface area contributed by atoms with Crippen molar-refractivity contribution in [2.45, 2.75) is 25.1 Å². The van der Waals surface area contributed by atoms with Crippen molar-refractivity contribution in [2.24, 2.45) is 0 Å². The lowest BCUT2D eigenvalue weighted by atomic mass is 10.1. The molecule has 1 N–H and O–H groups in total. The summed E-state index contributed by atoms with van der Waals surface area (Å²) in [6.07, 6.45) is -0.366. The van der Waals surface area contributed by atoms with E-state index in [1.165, 1.54) is 19.1 Å². The van der Waals surface area contributed by atoms with Gasteiger partial charge in [0.2, 0.25) is 18.0 Å². The van der Waals surface area contributed by atoms with Crippen LogP contribution in [0.25, 0.3) is 0 Å². The molecule has 1 saturated heterocycles. The molecule has 150 valence electrons. The van der Waals surface area contributed by atoms with Crippen molar-refractivity contribution in [1.29, 1.82) is 0 Å². The number of hydrogen-bond donors (Lipinski definition) is 1. The van der Waals surface area contributed by atoms with Crippen LogP contribution < -0.4 is 14.8 Å². The molecule has 8 nitrogen and oxygen atoms in total. The minimum Gasteiger partial charge on any atom is -0.497 e. The number of esters is 1. The number of carbonyl (C=O) groups is 3. The maximum absolute atomic E-state index is 13.0. The van der Waals surface area contributed by atoms with Crippen LogP contribution in [0.2, 0.25) is 0 Å². The van der Waals surface area contributed by atoms with E-state index in [1.807, 2.05) is 0 Å². The maximum Gasteiger partial charge on any atom is 0.340 e. The Balaban J connectivity index is 1.59. The van der Waals surface area contributed by atoms with Gasteiger partial charge in [-0.2, -0.15) is 0 Å². The fourth-order valence-electron chi connectivity index (χ4n) is 3.70. The Labute approximate surface area is 167 Å². The molecule has 0 saturated carbocycles. The van der Waals surface area contributed by atoms with Gasteiger partial charge in [-0.15, -0.1) is 0 Å². The molecule has 0 radical (unpaired) electrons. The second-order valence-corrected chi connectivity index (χ2v) is 6.76. The summed E-state index contributed by atoms with van der Waals surface area (Å²) in [4.78, 5) is 39.1. The number of fused-ring (bicyclic) bond motifs is 1. The summed E-state index contributed by atoms with van der Waals surface area (Å²) in [6, 6.07) is 11.1. The normalized spacial score (nSPS) is 20.3. The fourth-order valence-corrected chi connectivity index (χ4v) is 3.70. The molecule has 2 amide bonds. The third-order valence-electron chi connectivity index (χ3n) is 5.14. The first-order valence-corrected chi connectivity index (χ1v) is 9.17. The van der Waals surface area contributed by atoms with Gasteiger partial charge in [0.25, 0.3) is 0 Å². The van der Waals surface area contributed by atoms with Crippen molar-refractivity contribution in [3.8, 4) is 11.5 Å². The molecule has 0 aromatic heterocycles. The molecular weight excluding hydrogens is 376 g/mol. The van der Waals surface area contributed by atoms with Crippen LogP contribution in [0.4, 0.5) is 5.69 Å². The van der Waals surface area contributed by atoms with Crippen LogP contribution in [0.15, 0.2) is 42.5 Å². The molecule has 2 aromatic carbocycles. The summed E-state index contributed by atoms with van der Waals surface area (Å²) in [6.45, 7) is 0. The van der Waals surface area contributed by atoms with E-state index in [4.69, 9.17) is 14.2 Å². The van der Waals surface area contributed by atoms with E-state index < -0.39 is 18.2 Å². The Morgan fingerprint density at radius 1 is 1.14 bits per heavy atom. The number of nitrogens with one attached hydrogen (secondary N) is 1. The zero-order valence-electron chi connectivity index (χ0n) is 16.0. The second-order valence-electron chi connectivity index (χ2n) is 6.76. The Hall–Kier alpha value is -3.55. The third-order valence-corrected chi connectivity index (χ3v) is 5.14. The molecule has 0 aliphatic carbocycles. The number of benzene rings is 2. The van der Waals surface area contributed by atoms with Crippen LogP contribution >= 0.6 is 0 Å². The quantitative estimate of drug-likeness (QED) is 0.781. The molecule has 29 heavy (non-hydrogen) atoms. The molecule has 0 bridgehead atoms. The van der Waals surface area contributed by atoms with Gasteiger partial charge in [-0.1, -0.05) is 18.2 Å². The highest BCUT2D eigenvalue weighted by molar-refractivity contribution is 6.01. The first-order chi connectivity index (χ1) is 14.0. The molecule has 2 aromatic rings. The number of nitrogens with zero attached hydrogens (tertiary/aromatic N) is 1. The number of rotatable bonds is 5. The third kappa shape index (κ3) is 3.26. The minimum atomic E-state index is -0.901. The zero-order valence-corrected chi connectivity index (χ0v) is 16.0. The predicted molar refractivity (Wildman–Crippen MR) is 103 cm³/mol. The Morgan fingerprint density at radius 3 is 2.69 bits per heavy atom. The SMILES string of the molecule is COc1ccc(NC(=O)[C@@H]2CCC(=O)N2[C@@H]2OC(=O)c3ccccc32)c(OC)c1. The van der Waals surface area contributed by atoms with Crippen molar-refractivity contribution in [1.82, 2.24) is 4.90 Å². The lowest BCUT2D eigenvalue weighted by Crippen LogP contribution is -2.43. The summed E-state index contributed by atoms with van der Waals surface area (Å²) < 4.78 is 15.9. The van der Waals surface area contributed by atoms with Gasteiger partial charge >= 0.3 is 5.97 Å². The molecule has 2 aliphatic rings. The summed E-state index contributed by atoms with van der Waals surface area (Å²) in [5.74, 6) is -0.0828. The van der Waals surface area contributed by atoms with Gasteiger partial charge in [-0.05, 0) is 24.6 Å². The van der Waals surface area contributed by atoms with Gasteiger partial charge in [0.05, 0.1) is 25.5 Å². The largest absolute Gasteiger partial charge is 0.497 e. The molecule has 2 atom stereocenters. The number of amides is 2. The number of ether oxygens (including phenoxy) is 3. The molecule has 0 spiro atoms. The lowest BCUT2D eigenvalue weighted by molar-refractivity contribution is -0.144. The number of cyclic esters (lactones) is 1. The predicted octanol–water partition coefficient (Wildman–Crippen LogP) is 2.50. The molecule has 2 heterocycles. The number of likely N-dealkylation sites (tertiary alicyclic amines) is 1. The van der Waals surface area contributed by atoms with Crippen molar-refractivity contribution in [3.63, 3.8) is 0 Å². The van der Waals surface area contributed by atoms with Crippen LogP contribution in [-0.4, -0.2) is 42.9 Å². The molecule has 1 fully saturated rings. The van der Waals surface area contributed by atoms with E-state index >= 15 is 0 Å². The zero-order chi connectivity index (χ0) is 20.5. The highest BCUT2D eigenvalue weighted by Gasteiger charge is 2.46. The van der Waals surface area contributed by atoms with Crippen molar-refractivity contribution >= 4 is 23.5 Å². The van der Waals surface area contributed by atoms with Crippen molar-refractivity contribution in [3.05, 3.63) is 53.6 Å². The Kier molecular flexibility index (Phi) is 4.84. The number of hydrogen-bond acceptors (Lipinski definition) is 6. The molecule has 2 aliphatic heterocycles. The van der Waals surface area contributed by atoms with E-state index in [0.717, 1.165) is 0 Å². The van der Waals surface area contributed by atoms with Crippen LogP contribution in [0.1, 0.15) is 35.0 Å². The van der Waals surface area contributed by atoms with Crippen molar-refractivity contribution < 1.29 is 28.6 Å². The summed E-state index contributed by atoms with van der Waals surface area (Å²) >= 11 is 0. The standard InChI is InChI=1S/C21H20N2O6/c1-27-12-7-8-15(17(11-12)28-2)22-19(25)16-9-10-18(24)23(16)20-13-5-3-4-6-14(13)21(26)29-20/h3-8,11,16,20H,9-10H2,1-2H3,(H,22,25)/t16-,20+/m0/s1. The fraction of sp³-hybridized carbons (Fsp3) is 0.286. The van der Waals surface area contributed by atoms with E-state index in [9.17, 15) is 14.4 Å². The smallest absolute Gasteiger partial charge is 0.340 e. The average Bonchev–Trinajstić information content (AvgIpc) is 3.28. The summed E-state index contributed by atoms with van der Waals surface area (Å²) in [5.41, 5.74) is 1.46. The van der Waals surface area contributed by atoms with Gasteiger partial charge in [0, 0.05) is 18.1 Å². The number of carbonyl (C=O) groups excluding carboxylic acids is 3. The average molecular weight is 396 g/mol. The number of methoxy groups -OCH3 is 2. The highest BCUT2D eigenvalue weighted by Crippen LogP contribution is 2.38. The summed E-state index contributed by atoms with van der Waals surface area (Å²) in [5, 5.41) is 2.81. The topological polar surface area (TPSA) is 94.2 Å². The van der Waals surface area contributed by atoms with Gasteiger partial charge < -0.3 is 19.5 Å². The second kappa shape index (κ2) is 7.46. The van der Waals surface area contributed by atoms with Gasteiger partial charge in [0.1, 0.15) is 17.5 Å². The van der Waals surface area contributed by atoms with Gasteiger partial charge in [-0.3, -0.25) is 14.5 Å². The molecule has 0 unspecified atom stereocenters. The summed E-state index contributed by atoms with van der Waals surface area (Å²) in [7, 11) is 3.03. The highest BCUT2D eigenvalue weighted by atomic mass is 16.6. The monoisotopic (exact) mass is 396 g/mol. The Morgan fingerprint density at radius 2 is 1.93 bits per heavy atom. The minimum absolute atomic E-state index is 0.202. The van der Waals surface area contributed by atoms with E-state index in [1.54, 1.807) is 42.5 Å². The number of anilines is 1. The van der Waals surface area contributed by atoms with Crippen molar-refractivity contribution in [2.75, 3.05) is 19.5 Å². The van der Waals surface area contributed by atoms with Crippen LogP contribution in [0.5, 0.6) is 11.5 Å². The van der Waals surface area contributed by atoms with Crippen LogP contribution in [-0.2, 0) is 14.3 Å². The maximum atomic E-state index is 13.0. The van der Waals surface area contributed by atoms with Crippen LogP contribution in [0.3, 0.4) is 0 Å². The first kappa shape index (κ1) is 18.8. The van der Waals surface area contributed by atoms with E-state index in [-0.39, 0.29) is 18.2 Å². The van der Waals surface area contributed by atoms with Gasteiger partial charge in [0.15, 0.2) is 0 Å². The van der Waals surface area contributed by atoms with Gasteiger partial charge in [-0.25, -0.2) is 4.79 Å². The molecule has 8 heteroatoms. The Bertz CT molecular complexity index is 989. The first-order valence-electron chi connectivity index (χ1n) is 9.17. The van der Waals surface area contributed by atoms with E-state index in [2.05, 4.69) is 5.32 Å². The van der Waals surface area contributed by atoms with E-state index in [0.29, 0.717) is 34.7 Å².